The molecule has 1 atom stereocenters. The Hall–Kier alpha value is -2.54. The number of hydrogen-bond donors (Lipinski definition) is 0. The van der Waals surface area contributed by atoms with Crippen LogP contribution >= 0.6 is 0 Å². The first-order chi connectivity index (χ1) is 13.2. The van der Waals surface area contributed by atoms with Crippen LogP contribution in [0.1, 0.15) is 26.2 Å². The molecule has 2 aliphatic rings. The van der Waals surface area contributed by atoms with Gasteiger partial charge in [0.15, 0.2) is 0 Å². The van der Waals surface area contributed by atoms with Crippen LogP contribution in [-0.4, -0.2) is 59.7 Å². The molecule has 0 bridgehead atoms. The number of aromatic nitrogens is 2. The highest BCUT2D eigenvalue weighted by molar-refractivity contribution is 5.88. The smallest absolute Gasteiger partial charge is 0.414 e. The molecule has 0 saturated carbocycles. The van der Waals surface area contributed by atoms with Gasteiger partial charge in [0.05, 0.1) is 36.9 Å². The Morgan fingerprint density at radius 2 is 2.07 bits per heavy atom. The number of rotatable bonds is 7. The summed E-state index contributed by atoms with van der Waals surface area (Å²) >= 11 is 0. The number of nitrogens with zero attached hydrogens (tertiary/aromatic N) is 4. The SMILES string of the molecule is CC1CCCN1CCCOc1ccc(-n2cc(N3CCOC3=O)cn2)cc1. The summed E-state index contributed by atoms with van der Waals surface area (Å²) in [5.41, 5.74) is 1.67. The van der Waals surface area contributed by atoms with Crippen molar-refractivity contribution in [3.63, 3.8) is 0 Å². The van der Waals surface area contributed by atoms with Gasteiger partial charge in [-0.05, 0) is 57.0 Å². The molecule has 2 aliphatic heterocycles. The van der Waals surface area contributed by atoms with Gasteiger partial charge in [-0.2, -0.15) is 5.10 Å². The first-order valence-electron chi connectivity index (χ1n) is 9.67. The van der Waals surface area contributed by atoms with E-state index in [1.165, 1.54) is 19.4 Å². The van der Waals surface area contributed by atoms with E-state index >= 15 is 0 Å². The second-order valence-electron chi connectivity index (χ2n) is 7.13. The summed E-state index contributed by atoms with van der Waals surface area (Å²) in [7, 11) is 0. The zero-order valence-corrected chi connectivity index (χ0v) is 15.7. The number of anilines is 1. The van der Waals surface area contributed by atoms with Gasteiger partial charge in [0, 0.05) is 12.6 Å². The van der Waals surface area contributed by atoms with E-state index in [0.29, 0.717) is 19.2 Å². The average molecular weight is 370 g/mol. The lowest BCUT2D eigenvalue weighted by Crippen LogP contribution is -2.28. The van der Waals surface area contributed by atoms with Gasteiger partial charge in [-0.15, -0.1) is 0 Å². The number of carbonyl (C=O) groups excluding carboxylic acids is 1. The molecule has 144 valence electrons. The van der Waals surface area contributed by atoms with E-state index in [1.54, 1.807) is 15.8 Å². The standard InChI is InChI=1S/C20H26N4O3/c1-16-4-2-9-22(16)10-3-12-26-19-7-5-17(6-8-19)24-15-18(14-21-24)23-11-13-27-20(23)25/h5-8,14-16H,2-4,9-13H2,1H3. The maximum atomic E-state index is 11.6. The maximum absolute atomic E-state index is 11.6. The molecule has 1 aromatic heterocycles. The first-order valence-corrected chi connectivity index (χ1v) is 9.67. The van der Waals surface area contributed by atoms with E-state index in [0.717, 1.165) is 36.7 Å². The third-order valence-corrected chi connectivity index (χ3v) is 5.29. The Bertz CT molecular complexity index is 774. The van der Waals surface area contributed by atoms with Gasteiger partial charge in [0.1, 0.15) is 12.4 Å². The molecule has 3 heterocycles. The van der Waals surface area contributed by atoms with Crippen LogP contribution in [0.15, 0.2) is 36.7 Å². The van der Waals surface area contributed by atoms with E-state index in [4.69, 9.17) is 9.47 Å². The van der Waals surface area contributed by atoms with Crippen LogP contribution in [0.25, 0.3) is 5.69 Å². The zero-order valence-electron chi connectivity index (χ0n) is 15.7. The van der Waals surface area contributed by atoms with E-state index < -0.39 is 0 Å². The monoisotopic (exact) mass is 370 g/mol. The number of carbonyl (C=O) groups is 1. The summed E-state index contributed by atoms with van der Waals surface area (Å²) in [5.74, 6) is 0.865. The number of cyclic esters (lactones) is 1. The minimum Gasteiger partial charge on any atom is -0.494 e. The maximum Gasteiger partial charge on any atom is 0.414 e. The van der Waals surface area contributed by atoms with Crippen molar-refractivity contribution < 1.29 is 14.3 Å². The third-order valence-electron chi connectivity index (χ3n) is 5.29. The van der Waals surface area contributed by atoms with Gasteiger partial charge < -0.3 is 14.4 Å². The largest absolute Gasteiger partial charge is 0.494 e. The summed E-state index contributed by atoms with van der Waals surface area (Å²) in [5, 5.41) is 4.34. The van der Waals surface area contributed by atoms with Gasteiger partial charge in [-0.3, -0.25) is 4.90 Å². The topological polar surface area (TPSA) is 59.8 Å². The van der Waals surface area contributed by atoms with Crippen molar-refractivity contribution in [1.29, 1.82) is 0 Å². The highest BCUT2D eigenvalue weighted by Crippen LogP contribution is 2.21. The van der Waals surface area contributed by atoms with Crippen molar-refractivity contribution in [2.75, 3.05) is 37.7 Å². The molecule has 2 aromatic rings. The van der Waals surface area contributed by atoms with E-state index in [1.807, 2.05) is 30.5 Å². The molecule has 27 heavy (non-hydrogen) atoms. The van der Waals surface area contributed by atoms with Crippen LogP contribution in [0.2, 0.25) is 0 Å². The van der Waals surface area contributed by atoms with Gasteiger partial charge in [0.2, 0.25) is 0 Å². The molecule has 7 nitrogen and oxygen atoms in total. The normalized spacial score (nSPS) is 20.3. The Balaban J connectivity index is 1.28. The highest BCUT2D eigenvalue weighted by Gasteiger charge is 2.24. The van der Waals surface area contributed by atoms with Crippen molar-refractivity contribution in [2.45, 2.75) is 32.2 Å². The van der Waals surface area contributed by atoms with Crippen molar-refractivity contribution in [3.05, 3.63) is 36.7 Å². The summed E-state index contributed by atoms with van der Waals surface area (Å²) in [4.78, 5) is 15.8. The number of likely N-dealkylation sites (tertiary alicyclic amines) is 1. The van der Waals surface area contributed by atoms with E-state index in [9.17, 15) is 4.79 Å². The summed E-state index contributed by atoms with van der Waals surface area (Å²) < 4.78 is 12.6. The van der Waals surface area contributed by atoms with E-state index in [2.05, 4.69) is 16.9 Å². The molecule has 4 rings (SSSR count). The predicted molar refractivity (Wildman–Crippen MR) is 103 cm³/mol. The molecular weight excluding hydrogens is 344 g/mol. The van der Waals surface area contributed by atoms with Crippen LogP contribution in [0.4, 0.5) is 10.5 Å². The fraction of sp³-hybridized carbons (Fsp3) is 0.500. The lowest BCUT2D eigenvalue weighted by molar-refractivity contribution is 0.181. The lowest BCUT2D eigenvalue weighted by Gasteiger charge is -2.20. The Morgan fingerprint density at radius 1 is 1.22 bits per heavy atom. The average Bonchev–Trinajstić information content (AvgIpc) is 3.41. The second kappa shape index (κ2) is 8.00. The van der Waals surface area contributed by atoms with Gasteiger partial charge >= 0.3 is 6.09 Å². The first kappa shape index (κ1) is 17.9. The fourth-order valence-electron chi connectivity index (χ4n) is 3.70. The van der Waals surface area contributed by atoms with Crippen LogP contribution in [-0.2, 0) is 4.74 Å². The quantitative estimate of drug-likeness (QED) is 0.701. The van der Waals surface area contributed by atoms with Crippen molar-refractivity contribution in [3.8, 4) is 11.4 Å². The van der Waals surface area contributed by atoms with Crippen LogP contribution < -0.4 is 9.64 Å². The lowest BCUT2D eigenvalue weighted by atomic mass is 10.2. The third kappa shape index (κ3) is 4.08. The fourth-order valence-corrected chi connectivity index (χ4v) is 3.70. The molecular formula is C20H26N4O3. The van der Waals surface area contributed by atoms with Crippen LogP contribution in [0.5, 0.6) is 5.75 Å². The van der Waals surface area contributed by atoms with Crippen LogP contribution in [0.3, 0.4) is 0 Å². The molecule has 0 aliphatic carbocycles. The van der Waals surface area contributed by atoms with Crippen LogP contribution in [0, 0.1) is 0 Å². The summed E-state index contributed by atoms with van der Waals surface area (Å²) in [6.45, 7) is 6.34. The minimum absolute atomic E-state index is 0.318. The summed E-state index contributed by atoms with van der Waals surface area (Å²) in [6.07, 6.45) is 6.87. The highest BCUT2D eigenvalue weighted by atomic mass is 16.6. The van der Waals surface area contributed by atoms with Gasteiger partial charge in [-0.25, -0.2) is 9.48 Å². The predicted octanol–water partition coefficient (Wildman–Crippen LogP) is 3.08. The Labute approximate surface area is 159 Å². The summed E-state index contributed by atoms with van der Waals surface area (Å²) in [6, 6.07) is 8.57. The molecule has 0 N–H and O–H groups in total. The molecule has 2 saturated heterocycles. The molecule has 1 amide bonds. The molecule has 0 radical (unpaired) electrons. The number of ether oxygens (including phenoxy) is 2. The van der Waals surface area contributed by atoms with E-state index in [-0.39, 0.29) is 6.09 Å². The minimum atomic E-state index is -0.318. The number of benzene rings is 1. The molecule has 1 aromatic carbocycles. The molecule has 2 fully saturated rings. The number of amides is 1. The van der Waals surface area contributed by atoms with Crippen molar-refractivity contribution >= 4 is 11.8 Å². The number of hydrogen-bond acceptors (Lipinski definition) is 5. The second-order valence-corrected chi connectivity index (χ2v) is 7.13. The Kier molecular flexibility index (Phi) is 5.29. The van der Waals surface area contributed by atoms with Gasteiger partial charge in [-0.1, -0.05) is 0 Å². The van der Waals surface area contributed by atoms with Crippen molar-refractivity contribution in [2.24, 2.45) is 0 Å². The molecule has 1 unspecified atom stereocenters. The van der Waals surface area contributed by atoms with Gasteiger partial charge in [0.25, 0.3) is 0 Å². The van der Waals surface area contributed by atoms with Crippen molar-refractivity contribution in [1.82, 2.24) is 14.7 Å². The molecule has 0 spiro atoms. The Morgan fingerprint density at radius 3 is 2.78 bits per heavy atom. The zero-order chi connectivity index (χ0) is 18.6. The molecule has 7 heteroatoms.